The number of rotatable bonds is 4. The standard InChI is InChI=1S/C20H21ClN4OS/c1-25-17(9-11-23-25)18-6-7-19(27-18)20(26)24-16-12-22-10-8-15(16)13-2-4-14(21)5-3-13/h2-7,9,11,15-16,22H,8,10,12H2,1H3,(H,24,26)/t15-,16+/m0/s1. The van der Waals surface area contributed by atoms with Crippen LogP contribution in [-0.4, -0.2) is 34.8 Å². The average molecular weight is 401 g/mol. The Kier molecular flexibility index (Phi) is 5.29. The van der Waals surface area contributed by atoms with E-state index in [1.165, 1.54) is 16.9 Å². The number of piperidine rings is 1. The third-order valence-electron chi connectivity index (χ3n) is 5.00. The fourth-order valence-corrected chi connectivity index (χ4v) is 4.66. The molecular formula is C20H21ClN4OS. The van der Waals surface area contributed by atoms with Gasteiger partial charge in [0.1, 0.15) is 0 Å². The van der Waals surface area contributed by atoms with Gasteiger partial charge in [-0.3, -0.25) is 9.48 Å². The Labute approximate surface area is 167 Å². The van der Waals surface area contributed by atoms with Gasteiger partial charge in [0.2, 0.25) is 0 Å². The van der Waals surface area contributed by atoms with Gasteiger partial charge >= 0.3 is 0 Å². The second-order valence-electron chi connectivity index (χ2n) is 6.73. The number of hydrogen-bond acceptors (Lipinski definition) is 4. The van der Waals surface area contributed by atoms with E-state index >= 15 is 0 Å². The lowest BCUT2D eigenvalue weighted by atomic mass is 9.86. The molecule has 0 aliphatic carbocycles. The highest BCUT2D eigenvalue weighted by Gasteiger charge is 2.28. The number of thiophene rings is 1. The zero-order chi connectivity index (χ0) is 18.8. The lowest BCUT2D eigenvalue weighted by molar-refractivity contribution is 0.0928. The second kappa shape index (κ2) is 7.84. The summed E-state index contributed by atoms with van der Waals surface area (Å²) in [5.41, 5.74) is 2.23. The van der Waals surface area contributed by atoms with E-state index in [1.54, 1.807) is 6.20 Å². The molecule has 0 bridgehead atoms. The summed E-state index contributed by atoms with van der Waals surface area (Å²) in [4.78, 5) is 14.6. The summed E-state index contributed by atoms with van der Waals surface area (Å²) in [6.07, 6.45) is 2.75. The predicted octanol–water partition coefficient (Wildman–Crippen LogP) is 3.68. The highest BCUT2D eigenvalue weighted by molar-refractivity contribution is 7.17. The van der Waals surface area contributed by atoms with E-state index in [9.17, 15) is 4.79 Å². The molecule has 4 rings (SSSR count). The fraction of sp³-hybridized carbons (Fsp3) is 0.300. The number of halogens is 1. The molecule has 0 unspecified atom stereocenters. The molecule has 1 aromatic carbocycles. The average Bonchev–Trinajstić information content (AvgIpc) is 3.32. The van der Waals surface area contributed by atoms with Crippen LogP contribution in [0.25, 0.3) is 10.6 Å². The molecule has 3 heterocycles. The first-order chi connectivity index (χ1) is 13.1. The lowest BCUT2D eigenvalue weighted by Gasteiger charge is -2.33. The zero-order valence-corrected chi connectivity index (χ0v) is 16.6. The summed E-state index contributed by atoms with van der Waals surface area (Å²) < 4.78 is 1.81. The van der Waals surface area contributed by atoms with Crippen molar-refractivity contribution in [3.05, 3.63) is 64.1 Å². The molecule has 1 amide bonds. The SMILES string of the molecule is Cn1nccc1-c1ccc(C(=O)N[C@@H]2CNCC[C@H]2c2ccc(Cl)cc2)s1. The minimum Gasteiger partial charge on any atom is -0.347 e. The molecule has 0 spiro atoms. The molecule has 1 aliphatic heterocycles. The topological polar surface area (TPSA) is 59.0 Å². The molecule has 3 aromatic rings. The van der Waals surface area contributed by atoms with Gasteiger partial charge in [-0.15, -0.1) is 11.3 Å². The number of nitrogens with zero attached hydrogens (tertiary/aromatic N) is 2. The summed E-state index contributed by atoms with van der Waals surface area (Å²) in [5, 5.41) is 11.5. The van der Waals surface area contributed by atoms with Crippen LogP contribution < -0.4 is 10.6 Å². The van der Waals surface area contributed by atoms with Crippen molar-refractivity contribution in [3.8, 4) is 10.6 Å². The monoisotopic (exact) mass is 400 g/mol. The number of aromatic nitrogens is 2. The molecule has 2 aromatic heterocycles. The smallest absolute Gasteiger partial charge is 0.261 e. The molecule has 1 aliphatic rings. The third kappa shape index (κ3) is 3.93. The quantitative estimate of drug-likeness (QED) is 0.702. The van der Waals surface area contributed by atoms with Crippen LogP contribution in [0.3, 0.4) is 0 Å². The van der Waals surface area contributed by atoms with Crippen molar-refractivity contribution in [2.24, 2.45) is 7.05 Å². The fourth-order valence-electron chi connectivity index (χ4n) is 3.57. The Bertz CT molecular complexity index is 934. The molecule has 0 saturated carbocycles. The van der Waals surface area contributed by atoms with Gasteiger partial charge in [0.15, 0.2) is 0 Å². The molecule has 27 heavy (non-hydrogen) atoms. The summed E-state index contributed by atoms with van der Waals surface area (Å²) >= 11 is 7.51. The molecule has 7 heteroatoms. The van der Waals surface area contributed by atoms with Gasteiger partial charge in [-0.1, -0.05) is 23.7 Å². The normalized spacial score (nSPS) is 19.8. The molecule has 2 atom stereocenters. The number of benzene rings is 1. The largest absolute Gasteiger partial charge is 0.347 e. The summed E-state index contributed by atoms with van der Waals surface area (Å²) in [6, 6.07) is 13.8. The summed E-state index contributed by atoms with van der Waals surface area (Å²) in [5.74, 6) is 0.255. The van der Waals surface area contributed by atoms with Crippen LogP contribution in [0.2, 0.25) is 5.02 Å². The highest BCUT2D eigenvalue weighted by atomic mass is 35.5. The Morgan fingerprint density at radius 3 is 2.81 bits per heavy atom. The van der Waals surface area contributed by atoms with Gasteiger partial charge in [0.05, 0.1) is 15.4 Å². The molecule has 0 radical (unpaired) electrons. The summed E-state index contributed by atoms with van der Waals surface area (Å²) in [7, 11) is 1.90. The van der Waals surface area contributed by atoms with Crippen LogP contribution in [-0.2, 0) is 7.05 Å². The van der Waals surface area contributed by atoms with Crippen molar-refractivity contribution in [1.29, 1.82) is 0 Å². The van der Waals surface area contributed by atoms with Gasteiger partial charge in [-0.05, 0) is 48.9 Å². The number of carbonyl (C=O) groups is 1. The van der Waals surface area contributed by atoms with Crippen LogP contribution in [0.5, 0.6) is 0 Å². The van der Waals surface area contributed by atoms with Gasteiger partial charge in [-0.2, -0.15) is 5.10 Å². The Balaban J connectivity index is 1.50. The first kappa shape index (κ1) is 18.2. The van der Waals surface area contributed by atoms with E-state index in [2.05, 4.69) is 27.9 Å². The van der Waals surface area contributed by atoms with E-state index in [4.69, 9.17) is 11.6 Å². The van der Waals surface area contributed by atoms with Crippen molar-refractivity contribution >= 4 is 28.8 Å². The first-order valence-electron chi connectivity index (χ1n) is 8.97. The van der Waals surface area contributed by atoms with Crippen molar-refractivity contribution < 1.29 is 4.79 Å². The molecule has 2 N–H and O–H groups in total. The molecular weight excluding hydrogens is 380 g/mol. The molecule has 140 valence electrons. The third-order valence-corrected chi connectivity index (χ3v) is 6.36. The van der Waals surface area contributed by atoms with Crippen LogP contribution in [0, 0.1) is 0 Å². The number of hydrogen-bond donors (Lipinski definition) is 2. The van der Waals surface area contributed by atoms with Gasteiger partial charge in [0, 0.05) is 36.8 Å². The van der Waals surface area contributed by atoms with Crippen LogP contribution in [0.15, 0.2) is 48.7 Å². The zero-order valence-electron chi connectivity index (χ0n) is 15.0. The van der Waals surface area contributed by atoms with Crippen molar-refractivity contribution in [1.82, 2.24) is 20.4 Å². The van der Waals surface area contributed by atoms with E-state index < -0.39 is 0 Å². The lowest BCUT2D eigenvalue weighted by Crippen LogP contribution is -2.49. The van der Waals surface area contributed by atoms with Crippen LogP contribution in [0.4, 0.5) is 0 Å². The van der Waals surface area contributed by atoms with Gasteiger partial charge in [0.25, 0.3) is 5.91 Å². The number of carbonyl (C=O) groups excluding carboxylic acids is 1. The van der Waals surface area contributed by atoms with Crippen LogP contribution in [0.1, 0.15) is 27.6 Å². The van der Waals surface area contributed by atoms with E-state index in [-0.39, 0.29) is 17.9 Å². The van der Waals surface area contributed by atoms with E-state index in [1.807, 2.05) is 42.1 Å². The van der Waals surface area contributed by atoms with Crippen LogP contribution >= 0.6 is 22.9 Å². The summed E-state index contributed by atoms with van der Waals surface area (Å²) in [6.45, 7) is 1.71. The number of aryl methyl sites for hydroxylation is 1. The maximum Gasteiger partial charge on any atom is 0.261 e. The Morgan fingerprint density at radius 2 is 2.07 bits per heavy atom. The number of amides is 1. The maximum absolute atomic E-state index is 12.8. The highest BCUT2D eigenvalue weighted by Crippen LogP contribution is 2.29. The van der Waals surface area contributed by atoms with Gasteiger partial charge in [-0.25, -0.2) is 0 Å². The van der Waals surface area contributed by atoms with Gasteiger partial charge < -0.3 is 10.6 Å². The molecule has 1 saturated heterocycles. The maximum atomic E-state index is 12.8. The van der Waals surface area contributed by atoms with Crippen molar-refractivity contribution in [3.63, 3.8) is 0 Å². The minimum atomic E-state index is -0.0268. The minimum absolute atomic E-state index is 0.0268. The predicted molar refractivity (Wildman–Crippen MR) is 109 cm³/mol. The van der Waals surface area contributed by atoms with Crippen molar-refractivity contribution in [2.45, 2.75) is 18.4 Å². The first-order valence-corrected chi connectivity index (χ1v) is 10.2. The molecule has 1 fully saturated rings. The number of nitrogens with one attached hydrogen (secondary N) is 2. The second-order valence-corrected chi connectivity index (χ2v) is 8.25. The Hall–Kier alpha value is -2.15. The van der Waals surface area contributed by atoms with E-state index in [0.717, 1.165) is 35.1 Å². The van der Waals surface area contributed by atoms with E-state index in [0.29, 0.717) is 4.88 Å². The molecule has 5 nitrogen and oxygen atoms in total. The Morgan fingerprint density at radius 1 is 1.26 bits per heavy atom. The van der Waals surface area contributed by atoms with Crippen molar-refractivity contribution in [2.75, 3.05) is 13.1 Å².